The van der Waals surface area contributed by atoms with Crippen molar-refractivity contribution in [2.75, 3.05) is 57.4 Å². The van der Waals surface area contributed by atoms with Crippen LogP contribution >= 0.6 is 0 Å². The molecule has 3 rings (SSSR count). The Labute approximate surface area is 156 Å². The molecule has 0 radical (unpaired) electrons. The number of hydrogen-bond donors (Lipinski definition) is 2. The van der Waals surface area contributed by atoms with Gasteiger partial charge in [0.1, 0.15) is 0 Å². The summed E-state index contributed by atoms with van der Waals surface area (Å²) in [5.74, 6) is 0.0135. The van der Waals surface area contributed by atoms with Gasteiger partial charge in [0.15, 0.2) is 0 Å². The first kappa shape index (κ1) is 19.1. The third-order valence-corrected chi connectivity index (χ3v) is 5.25. The molecule has 1 aromatic rings. The zero-order chi connectivity index (χ0) is 18.2. The number of benzene rings is 1. The summed E-state index contributed by atoms with van der Waals surface area (Å²) < 4.78 is 5.37. The van der Waals surface area contributed by atoms with E-state index in [4.69, 9.17) is 4.74 Å². The number of carbonyl (C=O) groups is 1. The molecule has 2 saturated heterocycles. The first-order chi connectivity index (χ1) is 12.7. The second-order valence-corrected chi connectivity index (χ2v) is 7.16. The number of nitrogens with zero attached hydrogens (tertiary/aromatic N) is 2. The van der Waals surface area contributed by atoms with Crippen LogP contribution in [0.5, 0.6) is 0 Å². The smallest absolute Gasteiger partial charge is 0.221 e. The molecule has 2 fully saturated rings. The van der Waals surface area contributed by atoms with Gasteiger partial charge < -0.3 is 25.0 Å². The summed E-state index contributed by atoms with van der Waals surface area (Å²) in [4.78, 5) is 16.6. The highest BCUT2D eigenvalue weighted by atomic mass is 16.5. The Kier molecular flexibility index (Phi) is 7.29. The number of aliphatic hydroxyl groups is 1. The number of hydrogen-bond acceptors (Lipinski definition) is 5. The van der Waals surface area contributed by atoms with Crippen molar-refractivity contribution < 1.29 is 14.6 Å². The van der Waals surface area contributed by atoms with Gasteiger partial charge in [-0.2, -0.15) is 0 Å². The van der Waals surface area contributed by atoms with Crippen molar-refractivity contribution in [3.63, 3.8) is 0 Å². The van der Waals surface area contributed by atoms with Crippen molar-refractivity contribution in [3.05, 3.63) is 29.8 Å². The summed E-state index contributed by atoms with van der Waals surface area (Å²) in [5.41, 5.74) is 1.98. The van der Waals surface area contributed by atoms with Crippen molar-refractivity contribution in [2.24, 2.45) is 0 Å². The highest BCUT2D eigenvalue weighted by Gasteiger charge is 2.15. The number of rotatable bonds is 7. The molecule has 0 aromatic heterocycles. The molecule has 0 bridgehead atoms. The van der Waals surface area contributed by atoms with E-state index in [0.717, 1.165) is 57.2 Å². The molecule has 1 amide bonds. The zero-order valence-corrected chi connectivity index (χ0v) is 15.5. The first-order valence-electron chi connectivity index (χ1n) is 9.82. The predicted octanol–water partition coefficient (Wildman–Crippen LogP) is 1.55. The molecule has 2 heterocycles. The molecule has 0 saturated carbocycles. The minimum atomic E-state index is -0.673. The van der Waals surface area contributed by atoms with E-state index < -0.39 is 6.10 Å². The van der Waals surface area contributed by atoms with E-state index in [-0.39, 0.29) is 12.5 Å². The monoisotopic (exact) mass is 361 g/mol. The molecule has 26 heavy (non-hydrogen) atoms. The van der Waals surface area contributed by atoms with Crippen LogP contribution in [0.15, 0.2) is 24.3 Å². The van der Waals surface area contributed by atoms with Crippen molar-refractivity contribution in [2.45, 2.75) is 31.8 Å². The maximum Gasteiger partial charge on any atom is 0.221 e. The fourth-order valence-electron chi connectivity index (χ4n) is 3.59. The van der Waals surface area contributed by atoms with E-state index in [1.807, 2.05) is 24.3 Å². The van der Waals surface area contributed by atoms with Crippen LogP contribution < -0.4 is 10.2 Å². The van der Waals surface area contributed by atoms with Crippen molar-refractivity contribution >= 4 is 11.6 Å². The van der Waals surface area contributed by atoms with E-state index in [0.29, 0.717) is 6.42 Å². The average Bonchev–Trinajstić information content (AvgIpc) is 2.72. The predicted molar refractivity (Wildman–Crippen MR) is 102 cm³/mol. The lowest BCUT2D eigenvalue weighted by molar-refractivity contribution is -0.121. The van der Waals surface area contributed by atoms with Crippen LogP contribution in [-0.2, 0) is 9.53 Å². The summed E-state index contributed by atoms with van der Waals surface area (Å²) in [5, 5.41) is 13.2. The molecule has 2 aliphatic heterocycles. The van der Waals surface area contributed by atoms with Gasteiger partial charge in [0.05, 0.1) is 19.3 Å². The maximum atomic E-state index is 12.0. The quantitative estimate of drug-likeness (QED) is 0.771. The Morgan fingerprint density at radius 2 is 1.77 bits per heavy atom. The SMILES string of the molecule is O=C(CCN1CCCCC1)NCC(O)c1ccc(N2CCOCC2)cc1. The van der Waals surface area contributed by atoms with Crippen molar-refractivity contribution in [1.82, 2.24) is 10.2 Å². The summed E-state index contributed by atoms with van der Waals surface area (Å²) in [7, 11) is 0. The Hall–Kier alpha value is -1.63. The maximum absolute atomic E-state index is 12.0. The molecule has 0 spiro atoms. The molecule has 1 aromatic carbocycles. The van der Waals surface area contributed by atoms with Gasteiger partial charge in [0, 0.05) is 38.3 Å². The number of amides is 1. The topological polar surface area (TPSA) is 65.0 Å². The zero-order valence-electron chi connectivity index (χ0n) is 15.5. The standard InChI is InChI=1S/C20H31N3O3/c24-19(16-21-20(25)8-11-22-9-2-1-3-10-22)17-4-6-18(7-5-17)23-12-14-26-15-13-23/h4-7,19,24H,1-3,8-16H2,(H,21,25). The first-order valence-corrected chi connectivity index (χ1v) is 9.82. The molecule has 2 aliphatic rings. The Bertz CT molecular complexity index is 552. The third kappa shape index (κ3) is 5.69. The summed E-state index contributed by atoms with van der Waals surface area (Å²) >= 11 is 0. The van der Waals surface area contributed by atoms with Crippen LogP contribution in [0.25, 0.3) is 0 Å². The summed E-state index contributed by atoms with van der Waals surface area (Å²) in [6, 6.07) is 7.94. The molecule has 6 heteroatoms. The van der Waals surface area contributed by atoms with Gasteiger partial charge in [-0.1, -0.05) is 18.6 Å². The lowest BCUT2D eigenvalue weighted by atomic mass is 10.1. The molecule has 6 nitrogen and oxygen atoms in total. The van der Waals surface area contributed by atoms with E-state index in [2.05, 4.69) is 15.1 Å². The Balaban J connectivity index is 1.39. The molecule has 144 valence electrons. The highest BCUT2D eigenvalue weighted by molar-refractivity contribution is 5.76. The van der Waals surface area contributed by atoms with Crippen LogP contribution in [0.3, 0.4) is 0 Å². The van der Waals surface area contributed by atoms with Crippen LogP contribution in [0.1, 0.15) is 37.4 Å². The number of nitrogens with one attached hydrogen (secondary N) is 1. The number of likely N-dealkylation sites (tertiary alicyclic amines) is 1. The summed E-state index contributed by atoms with van der Waals surface area (Å²) in [6.45, 7) is 6.59. The normalized spacial score (nSPS) is 20.0. The number of morpholine rings is 1. The second-order valence-electron chi connectivity index (χ2n) is 7.16. The lowest BCUT2D eigenvalue weighted by Gasteiger charge is -2.29. The largest absolute Gasteiger partial charge is 0.387 e. The van der Waals surface area contributed by atoms with Crippen LogP contribution in [0, 0.1) is 0 Å². The van der Waals surface area contributed by atoms with Crippen LogP contribution in [0.4, 0.5) is 5.69 Å². The minimum Gasteiger partial charge on any atom is -0.387 e. The number of ether oxygens (including phenoxy) is 1. The number of aliphatic hydroxyl groups excluding tert-OH is 1. The fraction of sp³-hybridized carbons (Fsp3) is 0.650. The van der Waals surface area contributed by atoms with Gasteiger partial charge in [0.2, 0.25) is 5.91 Å². The highest BCUT2D eigenvalue weighted by Crippen LogP contribution is 2.20. The molecule has 0 aliphatic carbocycles. The van der Waals surface area contributed by atoms with E-state index in [1.165, 1.54) is 19.3 Å². The number of carbonyl (C=O) groups excluding carboxylic acids is 1. The van der Waals surface area contributed by atoms with Gasteiger partial charge in [0.25, 0.3) is 0 Å². The van der Waals surface area contributed by atoms with Gasteiger partial charge in [-0.3, -0.25) is 4.79 Å². The Morgan fingerprint density at radius 1 is 1.08 bits per heavy atom. The molecular formula is C20H31N3O3. The van der Waals surface area contributed by atoms with Crippen LogP contribution in [-0.4, -0.2) is 68.4 Å². The minimum absolute atomic E-state index is 0.0135. The lowest BCUT2D eigenvalue weighted by Crippen LogP contribution is -2.36. The second kappa shape index (κ2) is 9.90. The number of piperidine rings is 1. The fourth-order valence-corrected chi connectivity index (χ4v) is 3.59. The summed E-state index contributed by atoms with van der Waals surface area (Å²) in [6.07, 6.45) is 3.61. The molecule has 1 unspecified atom stereocenters. The van der Waals surface area contributed by atoms with Gasteiger partial charge >= 0.3 is 0 Å². The third-order valence-electron chi connectivity index (χ3n) is 5.25. The van der Waals surface area contributed by atoms with E-state index >= 15 is 0 Å². The van der Waals surface area contributed by atoms with Gasteiger partial charge in [-0.05, 0) is 43.6 Å². The average molecular weight is 361 g/mol. The molecule has 2 N–H and O–H groups in total. The van der Waals surface area contributed by atoms with Crippen molar-refractivity contribution in [1.29, 1.82) is 0 Å². The molecular weight excluding hydrogens is 330 g/mol. The van der Waals surface area contributed by atoms with Gasteiger partial charge in [-0.25, -0.2) is 0 Å². The van der Waals surface area contributed by atoms with Crippen molar-refractivity contribution in [3.8, 4) is 0 Å². The number of anilines is 1. The molecule has 1 atom stereocenters. The van der Waals surface area contributed by atoms with Crippen LogP contribution in [0.2, 0.25) is 0 Å². The van der Waals surface area contributed by atoms with Gasteiger partial charge in [-0.15, -0.1) is 0 Å². The van der Waals surface area contributed by atoms with E-state index in [1.54, 1.807) is 0 Å². The Morgan fingerprint density at radius 3 is 2.46 bits per heavy atom. The van der Waals surface area contributed by atoms with E-state index in [9.17, 15) is 9.90 Å².